The first kappa shape index (κ1) is 29.4. The molecule has 0 aromatic carbocycles. The molecule has 3 rings (SSSR count). The van der Waals surface area contributed by atoms with Crippen LogP contribution in [0.3, 0.4) is 0 Å². The smallest absolute Gasteiger partial charge is 0.432 e. The number of amides is 2. The van der Waals surface area contributed by atoms with Crippen LogP contribution < -0.4 is 21.3 Å². The standard InChI is InChI=1S/C22H22Cl2F3N9O3/c1-21(2,3)39-20(38)35-17-15(24)14(4-5-29-17)34-16(22(25,26)27)12(9-28)19(37)33-11-8-13(23)18(30-10-11)36-31-6-7-32-36/h4-9,28,30H,10H2,1-3H3,(H,33,37)(H2,29,34,35,38)/b16-12+,28-9?. The van der Waals surface area contributed by atoms with E-state index in [-0.39, 0.29) is 35.0 Å². The maximum Gasteiger partial charge on any atom is 0.432 e. The molecule has 0 unspecified atom stereocenters. The molecule has 0 spiro atoms. The van der Waals surface area contributed by atoms with Crippen LogP contribution >= 0.6 is 23.2 Å². The van der Waals surface area contributed by atoms with E-state index >= 15 is 0 Å². The molecular weight excluding hydrogens is 566 g/mol. The summed E-state index contributed by atoms with van der Waals surface area (Å²) in [5.74, 6) is -1.25. The van der Waals surface area contributed by atoms with Gasteiger partial charge in [-0.25, -0.2) is 9.78 Å². The molecule has 0 atom stereocenters. The number of halogens is 5. The Morgan fingerprint density at radius 2 is 1.79 bits per heavy atom. The minimum absolute atomic E-state index is 0.0330. The summed E-state index contributed by atoms with van der Waals surface area (Å²) in [4.78, 5) is 29.9. The molecule has 2 aromatic rings. The number of aromatic nitrogens is 4. The maximum absolute atomic E-state index is 14.1. The molecule has 1 aliphatic heterocycles. The van der Waals surface area contributed by atoms with Crippen LogP contribution in [-0.4, -0.2) is 56.5 Å². The normalized spacial score (nSPS) is 14.5. The van der Waals surface area contributed by atoms with Crippen LogP contribution in [0, 0.1) is 5.41 Å². The van der Waals surface area contributed by atoms with Gasteiger partial charge in [0.2, 0.25) is 0 Å². The molecule has 12 nitrogen and oxygen atoms in total. The fourth-order valence-corrected chi connectivity index (χ4v) is 3.51. The first-order valence-electron chi connectivity index (χ1n) is 11.0. The van der Waals surface area contributed by atoms with Gasteiger partial charge in [-0.3, -0.25) is 10.1 Å². The van der Waals surface area contributed by atoms with Gasteiger partial charge in [0, 0.05) is 18.1 Å². The van der Waals surface area contributed by atoms with Gasteiger partial charge in [0.25, 0.3) is 5.91 Å². The van der Waals surface area contributed by atoms with Gasteiger partial charge in [-0.2, -0.15) is 23.4 Å². The molecule has 0 radical (unpaired) electrons. The highest BCUT2D eigenvalue weighted by molar-refractivity contribution is 6.36. The summed E-state index contributed by atoms with van der Waals surface area (Å²) in [6.07, 6.45) is -0.591. The molecule has 0 bridgehead atoms. The molecule has 208 valence electrons. The summed E-state index contributed by atoms with van der Waals surface area (Å²) < 4.78 is 47.3. The molecule has 2 amide bonds. The molecule has 0 saturated carbocycles. The molecule has 0 fully saturated rings. The van der Waals surface area contributed by atoms with Crippen LogP contribution in [0.5, 0.6) is 0 Å². The highest BCUT2D eigenvalue weighted by Gasteiger charge is 2.39. The second-order valence-electron chi connectivity index (χ2n) is 8.70. The third kappa shape index (κ3) is 7.70. The van der Waals surface area contributed by atoms with Crippen molar-refractivity contribution in [2.75, 3.05) is 17.2 Å². The highest BCUT2D eigenvalue weighted by Crippen LogP contribution is 2.34. The second-order valence-corrected chi connectivity index (χ2v) is 9.48. The zero-order valence-electron chi connectivity index (χ0n) is 20.6. The molecule has 2 aromatic heterocycles. The lowest BCUT2D eigenvalue weighted by molar-refractivity contribution is -0.118. The maximum atomic E-state index is 14.1. The summed E-state index contributed by atoms with van der Waals surface area (Å²) in [6, 6.07) is 1.09. The highest BCUT2D eigenvalue weighted by atomic mass is 35.5. The van der Waals surface area contributed by atoms with Crippen LogP contribution in [0.1, 0.15) is 20.8 Å². The fraction of sp³-hybridized carbons (Fsp3) is 0.273. The van der Waals surface area contributed by atoms with Crippen molar-refractivity contribution < 1.29 is 27.5 Å². The average molecular weight is 588 g/mol. The van der Waals surface area contributed by atoms with E-state index < -0.39 is 40.1 Å². The Labute approximate surface area is 229 Å². The van der Waals surface area contributed by atoms with Crippen molar-refractivity contribution in [2.45, 2.75) is 32.5 Å². The predicted molar refractivity (Wildman–Crippen MR) is 138 cm³/mol. The third-order valence-electron chi connectivity index (χ3n) is 4.58. The van der Waals surface area contributed by atoms with E-state index in [1.165, 1.54) is 23.3 Å². The van der Waals surface area contributed by atoms with Gasteiger partial charge in [0.1, 0.15) is 16.3 Å². The lowest BCUT2D eigenvalue weighted by Gasteiger charge is -2.22. The number of anilines is 2. The molecule has 0 saturated heterocycles. The number of nitrogens with one attached hydrogen (secondary N) is 5. The van der Waals surface area contributed by atoms with Crippen molar-refractivity contribution in [1.29, 1.82) is 5.41 Å². The van der Waals surface area contributed by atoms with Gasteiger partial charge in [-0.1, -0.05) is 23.2 Å². The average Bonchev–Trinajstić information content (AvgIpc) is 3.34. The van der Waals surface area contributed by atoms with Crippen LogP contribution in [0.2, 0.25) is 5.02 Å². The Morgan fingerprint density at radius 3 is 2.36 bits per heavy atom. The number of carbonyl (C=O) groups excluding carboxylic acids is 2. The van der Waals surface area contributed by atoms with E-state index in [4.69, 9.17) is 33.3 Å². The first-order valence-corrected chi connectivity index (χ1v) is 11.7. The van der Waals surface area contributed by atoms with E-state index in [0.717, 1.165) is 12.3 Å². The fourth-order valence-electron chi connectivity index (χ4n) is 3.03. The van der Waals surface area contributed by atoms with Gasteiger partial charge in [-0.15, -0.1) is 4.80 Å². The number of dihydropyridines is 1. The van der Waals surface area contributed by atoms with Crippen molar-refractivity contribution in [3.05, 3.63) is 57.8 Å². The molecule has 0 aliphatic carbocycles. The zero-order valence-corrected chi connectivity index (χ0v) is 22.1. The Kier molecular flexibility index (Phi) is 8.86. The minimum Gasteiger partial charge on any atom is -0.444 e. The van der Waals surface area contributed by atoms with Crippen LogP contribution in [0.4, 0.5) is 29.5 Å². The summed E-state index contributed by atoms with van der Waals surface area (Å²) >= 11 is 12.4. The number of hydrogen-bond donors (Lipinski definition) is 5. The lowest BCUT2D eigenvalue weighted by Crippen LogP contribution is -2.36. The first-order chi connectivity index (χ1) is 18.2. The van der Waals surface area contributed by atoms with E-state index in [1.54, 1.807) is 20.8 Å². The molecule has 39 heavy (non-hydrogen) atoms. The topological polar surface area (TPSA) is 159 Å². The second kappa shape index (κ2) is 11.7. The Bertz CT molecular complexity index is 1360. The van der Waals surface area contributed by atoms with Gasteiger partial charge in [0.15, 0.2) is 11.6 Å². The van der Waals surface area contributed by atoms with Crippen molar-refractivity contribution in [3.63, 3.8) is 0 Å². The number of pyridine rings is 1. The van der Waals surface area contributed by atoms with Crippen LogP contribution in [-0.2, 0) is 9.53 Å². The number of hydrogen-bond acceptors (Lipinski definition) is 9. The van der Waals surface area contributed by atoms with Gasteiger partial charge >= 0.3 is 12.3 Å². The van der Waals surface area contributed by atoms with E-state index in [0.29, 0.717) is 5.82 Å². The van der Waals surface area contributed by atoms with Gasteiger partial charge < -0.3 is 26.1 Å². The number of rotatable bonds is 7. The van der Waals surface area contributed by atoms with Crippen molar-refractivity contribution >= 4 is 58.7 Å². The number of nitrogens with zero attached hydrogens (tertiary/aromatic N) is 4. The quantitative estimate of drug-likeness (QED) is 0.238. The largest absolute Gasteiger partial charge is 0.444 e. The predicted octanol–water partition coefficient (Wildman–Crippen LogP) is 4.22. The van der Waals surface area contributed by atoms with Gasteiger partial charge in [0.05, 0.1) is 35.2 Å². The van der Waals surface area contributed by atoms with E-state index in [1.807, 2.05) is 5.32 Å². The molecule has 17 heteroatoms. The Balaban J connectivity index is 1.89. The zero-order chi connectivity index (χ0) is 29.0. The SMILES string of the molecule is CC(C)(C)OC(=O)Nc1nccc(N/C(=C(\C=N)C(=O)NC2=CC(Cl)=C(n3nccn3)NC2)C(F)(F)F)c1Cl. The molecule has 5 N–H and O–H groups in total. The van der Waals surface area contributed by atoms with Crippen molar-refractivity contribution in [3.8, 4) is 0 Å². The summed E-state index contributed by atoms with van der Waals surface area (Å²) in [6.45, 7) is 4.81. The van der Waals surface area contributed by atoms with Crippen LogP contribution in [0.15, 0.2) is 52.7 Å². The van der Waals surface area contributed by atoms with Crippen molar-refractivity contribution in [2.24, 2.45) is 0 Å². The monoisotopic (exact) mass is 587 g/mol. The molecule has 1 aliphatic rings. The third-order valence-corrected chi connectivity index (χ3v) is 5.25. The summed E-state index contributed by atoms with van der Waals surface area (Å²) in [5.41, 5.74) is -3.73. The van der Waals surface area contributed by atoms with Crippen molar-refractivity contribution in [1.82, 2.24) is 30.6 Å². The summed E-state index contributed by atoms with van der Waals surface area (Å²) in [7, 11) is 0. The number of ether oxygens (including phenoxy) is 1. The minimum atomic E-state index is -5.12. The molecule has 3 heterocycles. The van der Waals surface area contributed by atoms with E-state index in [2.05, 4.69) is 31.1 Å². The number of carbonyl (C=O) groups is 2. The lowest BCUT2D eigenvalue weighted by atomic mass is 10.1. The van der Waals surface area contributed by atoms with Gasteiger partial charge in [-0.05, 0) is 32.9 Å². The number of alkyl halides is 3. The number of allylic oxidation sites excluding steroid dienone is 3. The molecular formula is C22H22Cl2F3N9O3. The van der Waals surface area contributed by atoms with E-state index in [9.17, 15) is 22.8 Å². The van der Waals surface area contributed by atoms with Crippen LogP contribution in [0.25, 0.3) is 5.82 Å². The summed E-state index contributed by atoms with van der Waals surface area (Å²) in [5, 5.41) is 24.5. The Morgan fingerprint density at radius 1 is 1.13 bits per heavy atom. The Hall–Kier alpha value is -4.11.